The smallest absolute Gasteiger partial charge is 0.233 e. The van der Waals surface area contributed by atoms with E-state index in [4.69, 9.17) is 18.0 Å². The van der Waals surface area contributed by atoms with E-state index in [1.807, 2.05) is 25.8 Å². The maximum Gasteiger partial charge on any atom is 0.233 e. The lowest BCUT2D eigenvalue weighted by atomic mass is 9.88. The zero-order chi connectivity index (χ0) is 12.8. The van der Waals surface area contributed by atoms with Gasteiger partial charge in [0.25, 0.3) is 0 Å². The van der Waals surface area contributed by atoms with Crippen LogP contribution in [0.5, 0.6) is 0 Å². The van der Waals surface area contributed by atoms with E-state index in [-0.39, 0.29) is 11.3 Å². The predicted molar refractivity (Wildman–Crippen MR) is 71.4 cm³/mol. The molecule has 0 atom stereocenters. The molecule has 3 N–H and O–H groups in total. The van der Waals surface area contributed by atoms with Crippen molar-refractivity contribution in [3.63, 3.8) is 0 Å². The molecular weight excluding hydrogens is 222 g/mol. The number of carbonyl (C=O) groups excluding carboxylic acids is 1. The van der Waals surface area contributed by atoms with Crippen LogP contribution < -0.4 is 11.1 Å². The van der Waals surface area contributed by atoms with Gasteiger partial charge in [0.05, 0.1) is 11.5 Å². The summed E-state index contributed by atoms with van der Waals surface area (Å²) in [4.78, 5) is 13.6. The Kier molecular flexibility index (Phi) is 6.52. The molecule has 0 aromatic heterocycles. The van der Waals surface area contributed by atoms with Crippen LogP contribution in [0.1, 0.15) is 26.7 Å². The van der Waals surface area contributed by atoms with E-state index in [0.29, 0.717) is 11.5 Å². The first-order valence-corrected chi connectivity index (χ1v) is 5.89. The second kappa shape index (κ2) is 6.81. The molecule has 0 aliphatic rings. The van der Waals surface area contributed by atoms with Crippen LogP contribution >= 0.6 is 12.2 Å². The summed E-state index contributed by atoms with van der Waals surface area (Å²) in [6, 6.07) is 0. The van der Waals surface area contributed by atoms with Crippen molar-refractivity contribution in [1.29, 1.82) is 0 Å². The van der Waals surface area contributed by atoms with Gasteiger partial charge in [0.1, 0.15) is 0 Å². The van der Waals surface area contributed by atoms with Crippen LogP contribution in [-0.4, -0.2) is 43.0 Å². The van der Waals surface area contributed by atoms with E-state index >= 15 is 0 Å². The number of carbonyl (C=O) groups is 1. The molecule has 5 heteroatoms. The number of nitrogens with zero attached hydrogens (tertiary/aromatic N) is 1. The van der Waals surface area contributed by atoms with E-state index in [1.165, 1.54) is 0 Å². The third kappa shape index (κ3) is 6.02. The average molecular weight is 245 g/mol. The lowest BCUT2D eigenvalue weighted by Crippen LogP contribution is -2.35. The monoisotopic (exact) mass is 245 g/mol. The van der Waals surface area contributed by atoms with E-state index in [0.717, 1.165) is 19.4 Å². The molecule has 0 fully saturated rings. The van der Waals surface area contributed by atoms with Gasteiger partial charge in [0.2, 0.25) is 5.91 Å². The first kappa shape index (κ1) is 15.3. The summed E-state index contributed by atoms with van der Waals surface area (Å²) in [5.41, 5.74) is 5.55. The molecule has 0 aromatic rings. The Hall–Kier alpha value is -0.680. The first-order chi connectivity index (χ1) is 7.29. The highest BCUT2D eigenvalue weighted by Crippen LogP contribution is 2.22. The van der Waals surface area contributed by atoms with Crippen molar-refractivity contribution >= 4 is 23.1 Å². The quantitative estimate of drug-likeness (QED) is 0.650. The number of hydrogen-bond acceptors (Lipinski definition) is 3. The van der Waals surface area contributed by atoms with Crippen molar-refractivity contribution in [3.8, 4) is 0 Å². The summed E-state index contributed by atoms with van der Waals surface area (Å²) in [6.45, 7) is 5.41. The number of nitrogens with one attached hydrogen (secondary N) is 1. The summed E-state index contributed by atoms with van der Waals surface area (Å²) >= 11 is 5.00. The Morgan fingerprint density at radius 3 is 2.50 bits per heavy atom. The number of thiocarbonyl (C=S) groups is 1. The number of hydrogen-bond donors (Lipinski definition) is 2. The standard InChI is InChI=1S/C11H23N3OS/c1-11(2,10(12)16)6-5-7-14(4)8-9(15)13-3/h5-8H2,1-4H3,(H2,12,16)(H,13,15). The van der Waals surface area contributed by atoms with Gasteiger partial charge in [-0.25, -0.2) is 0 Å². The van der Waals surface area contributed by atoms with Crippen LogP contribution in [0.4, 0.5) is 0 Å². The van der Waals surface area contributed by atoms with Crippen molar-refractivity contribution in [1.82, 2.24) is 10.2 Å². The molecular formula is C11H23N3OS. The summed E-state index contributed by atoms with van der Waals surface area (Å²) in [6.07, 6.45) is 1.93. The molecule has 0 aliphatic heterocycles. The summed E-state index contributed by atoms with van der Waals surface area (Å²) < 4.78 is 0. The number of nitrogens with two attached hydrogens (primary N) is 1. The maximum atomic E-state index is 11.1. The largest absolute Gasteiger partial charge is 0.393 e. The normalized spacial score (nSPS) is 11.6. The molecule has 16 heavy (non-hydrogen) atoms. The van der Waals surface area contributed by atoms with Gasteiger partial charge in [-0.05, 0) is 26.4 Å². The second-order valence-corrected chi connectivity index (χ2v) is 5.20. The summed E-state index contributed by atoms with van der Waals surface area (Å²) in [5.74, 6) is 0.0381. The van der Waals surface area contributed by atoms with Crippen molar-refractivity contribution in [2.45, 2.75) is 26.7 Å². The molecule has 0 unspecified atom stereocenters. The molecule has 0 saturated heterocycles. The van der Waals surface area contributed by atoms with Gasteiger partial charge >= 0.3 is 0 Å². The fourth-order valence-corrected chi connectivity index (χ4v) is 1.42. The number of likely N-dealkylation sites (N-methyl/N-ethyl adjacent to an activating group) is 2. The molecule has 0 heterocycles. The Bertz CT molecular complexity index is 254. The molecule has 1 amide bonds. The van der Waals surface area contributed by atoms with Gasteiger partial charge in [-0.3, -0.25) is 9.69 Å². The van der Waals surface area contributed by atoms with Crippen LogP contribution in [0.25, 0.3) is 0 Å². The molecule has 0 saturated carbocycles. The van der Waals surface area contributed by atoms with Gasteiger partial charge in [-0.1, -0.05) is 26.1 Å². The van der Waals surface area contributed by atoms with Gasteiger partial charge in [0.15, 0.2) is 0 Å². The van der Waals surface area contributed by atoms with Crippen molar-refractivity contribution in [3.05, 3.63) is 0 Å². The topological polar surface area (TPSA) is 58.4 Å². The summed E-state index contributed by atoms with van der Waals surface area (Å²) in [7, 11) is 3.58. The minimum atomic E-state index is -0.0941. The minimum Gasteiger partial charge on any atom is -0.393 e. The highest BCUT2D eigenvalue weighted by molar-refractivity contribution is 7.80. The zero-order valence-electron chi connectivity index (χ0n) is 10.7. The lowest BCUT2D eigenvalue weighted by Gasteiger charge is -2.24. The third-order valence-electron chi connectivity index (χ3n) is 2.70. The van der Waals surface area contributed by atoms with Crippen LogP contribution in [0.3, 0.4) is 0 Å². The van der Waals surface area contributed by atoms with E-state index in [2.05, 4.69) is 5.32 Å². The molecule has 0 bridgehead atoms. The van der Waals surface area contributed by atoms with Crippen LogP contribution in [-0.2, 0) is 4.79 Å². The average Bonchev–Trinajstić information content (AvgIpc) is 2.16. The van der Waals surface area contributed by atoms with E-state index < -0.39 is 0 Å². The van der Waals surface area contributed by atoms with Crippen molar-refractivity contribution in [2.24, 2.45) is 11.1 Å². The number of rotatable bonds is 7. The van der Waals surface area contributed by atoms with Crippen LogP contribution in [0, 0.1) is 5.41 Å². The fourth-order valence-electron chi connectivity index (χ4n) is 1.32. The predicted octanol–water partition coefficient (Wildman–Crippen LogP) is 0.757. The van der Waals surface area contributed by atoms with Crippen molar-refractivity contribution in [2.75, 3.05) is 27.2 Å². The minimum absolute atomic E-state index is 0.0381. The Morgan fingerprint density at radius 1 is 1.50 bits per heavy atom. The first-order valence-electron chi connectivity index (χ1n) is 5.48. The fraction of sp³-hybridized carbons (Fsp3) is 0.818. The zero-order valence-corrected chi connectivity index (χ0v) is 11.5. The van der Waals surface area contributed by atoms with E-state index in [9.17, 15) is 4.79 Å². The molecule has 0 aromatic carbocycles. The third-order valence-corrected chi connectivity index (χ3v) is 3.25. The Balaban J connectivity index is 3.82. The SMILES string of the molecule is CNC(=O)CN(C)CCCC(C)(C)C(N)=S. The highest BCUT2D eigenvalue weighted by atomic mass is 32.1. The van der Waals surface area contributed by atoms with Gasteiger partial charge in [0, 0.05) is 12.5 Å². The van der Waals surface area contributed by atoms with Crippen LogP contribution in [0.15, 0.2) is 0 Å². The van der Waals surface area contributed by atoms with E-state index in [1.54, 1.807) is 7.05 Å². The molecule has 94 valence electrons. The maximum absolute atomic E-state index is 11.1. The van der Waals surface area contributed by atoms with Gasteiger partial charge < -0.3 is 11.1 Å². The van der Waals surface area contributed by atoms with Crippen LogP contribution in [0.2, 0.25) is 0 Å². The molecule has 4 nitrogen and oxygen atoms in total. The molecule has 0 aliphatic carbocycles. The highest BCUT2D eigenvalue weighted by Gasteiger charge is 2.20. The Morgan fingerprint density at radius 2 is 2.06 bits per heavy atom. The lowest BCUT2D eigenvalue weighted by molar-refractivity contribution is -0.121. The molecule has 0 spiro atoms. The summed E-state index contributed by atoms with van der Waals surface area (Å²) in [5, 5.41) is 2.60. The van der Waals surface area contributed by atoms with Gasteiger partial charge in [-0.15, -0.1) is 0 Å². The molecule has 0 rings (SSSR count). The second-order valence-electron chi connectivity index (χ2n) is 4.76. The number of amides is 1. The molecule has 0 radical (unpaired) electrons. The Labute approximate surface area is 104 Å². The van der Waals surface area contributed by atoms with Crippen molar-refractivity contribution < 1.29 is 4.79 Å². The van der Waals surface area contributed by atoms with Gasteiger partial charge in [-0.2, -0.15) is 0 Å².